The number of aromatic amines is 2. The molecule has 0 aliphatic heterocycles. The fourth-order valence-electron chi connectivity index (χ4n) is 6.23. The number of rotatable bonds is 12. The number of aromatic nitrogens is 6. The molecule has 0 aliphatic rings. The van der Waals surface area contributed by atoms with E-state index in [9.17, 15) is 4.79 Å². The number of carbonyl (C=O) groups excluding carboxylic acids is 1. The van der Waals surface area contributed by atoms with Gasteiger partial charge in [-0.25, -0.2) is 19.9 Å². The largest absolute Gasteiger partial charge is 0.381 e. The van der Waals surface area contributed by atoms with Gasteiger partial charge in [-0.2, -0.15) is 0 Å². The molecule has 1 amide bonds. The van der Waals surface area contributed by atoms with Gasteiger partial charge in [0.1, 0.15) is 5.82 Å². The van der Waals surface area contributed by atoms with Gasteiger partial charge in [0.15, 0.2) is 0 Å². The molecular formula is C46H43ClN10O. The Morgan fingerprint density at radius 3 is 2.24 bits per heavy atom. The first-order valence-electron chi connectivity index (χ1n) is 18.7. The van der Waals surface area contributed by atoms with Crippen LogP contribution in [-0.2, 0) is 6.54 Å². The summed E-state index contributed by atoms with van der Waals surface area (Å²) in [4.78, 5) is 39.1. The van der Waals surface area contributed by atoms with E-state index < -0.39 is 0 Å². The van der Waals surface area contributed by atoms with Crippen molar-refractivity contribution in [1.29, 1.82) is 0 Å². The zero-order valence-corrected chi connectivity index (χ0v) is 33.2. The van der Waals surface area contributed by atoms with Crippen LogP contribution in [0, 0.1) is 6.92 Å². The van der Waals surface area contributed by atoms with Crippen LogP contribution in [-0.4, -0.2) is 61.4 Å². The first-order valence-corrected chi connectivity index (χ1v) is 19.0. The normalized spacial score (nSPS) is 11.1. The number of carbonyl (C=O) groups is 1. The summed E-state index contributed by atoms with van der Waals surface area (Å²) >= 11 is 6.47. The van der Waals surface area contributed by atoms with Crippen LogP contribution < -0.4 is 16.0 Å². The van der Waals surface area contributed by atoms with E-state index in [1.165, 1.54) is 5.39 Å². The van der Waals surface area contributed by atoms with Crippen molar-refractivity contribution in [3.63, 3.8) is 0 Å². The Hall–Kier alpha value is -7.08. The van der Waals surface area contributed by atoms with Gasteiger partial charge >= 0.3 is 0 Å². The summed E-state index contributed by atoms with van der Waals surface area (Å²) in [5.74, 6) is 0.984. The Morgan fingerprint density at radius 1 is 0.828 bits per heavy atom. The number of anilines is 3. The Kier molecular flexibility index (Phi) is 12.3. The van der Waals surface area contributed by atoms with Crippen molar-refractivity contribution in [3.8, 4) is 22.5 Å². The van der Waals surface area contributed by atoms with Crippen LogP contribution in [0.3, 0.4) is 0 Å². The van der Waals surface area contributed by atoms with Gasteiger partial charge in [-0.3, -0.25) is 4.79 Å². The lowest BCUT2D eigenvalue weighted by molar-refractivity contribution is 0.102. The highest BCUT2D eigenvalue weighted by molar-refractivity contribution is 6.33. The molecule has 12 heteroatoms. The summed E-state index contributed by atoms with van der Waals surface area (Å²) < 4.78 is 0. The highest BCUT2D eigenvalue weighted by Gasteiger charge is 2.14. The first kappa shape index (κ1) is 39.2. The van der Waals surface area contributed by atoms with Crippen LogP contribution in [0.25, 0.3) is 44.3 Å². The van der Waals surface area contributed by atoms with E-state index >= 15 is 0 Å². The maximum Gasteiger partial charge on any atom is 0.255 e. The predicted molar refractivity (Wildman–Crippen MR) is 236 cm³/mol. The number of amides is 1. The molecule has 0 saturated carbocycles. The molecule has 0 atom stereocenters. The Bertz CT molecular complexity index is 2720. The molecule has 8 rings (SSSR count). The van der Waals surface area contributed by atoms with Crippen LogP contribution >= 0.6 is 11.6 Å². The van der Waals surface area contributed by atoms with Crippen LogP contribution in [0.1, 0.15) is 21.7 Å². The first-order chi connectivity index (χ1) is 28.2. The fraction of sp³-hybridized carbons (Fsp3) is 0.109. The van der Waals surface area contributed by atoms with Crippen molar-refractivity contribution in [2.24, 2.45) is 0 Å². The molecule has 5 N–H and O–H groups in total. The quantitative estimate of drug-likeness (QED) is 0.0772. The second-order valence-electron chi connectivity index (χ2n) is 13.8. The van der Waals surface area contributed by atoms with E-state index in [4.69, 9.17) is 11.6 Å². The number of halogens is 1. The van der Waals surface area contributed by atoms with E-state index in [1.807, 2.05) is 130 Å². The number of benzene rings is 4. The van der Waals surface area contributed by atoms with Gasteiger partial charge in [0.25, 0.3) is 5.91 Å². The SMILES string of the molecule is C=C(/C=C/CN(C)C)NCc1ccc(C(=O)Nc2cccc(Nc3ncc(Cl)c(-c4c[nH]c5ccccc45)n3)c2)cc1.Cc1nccc(-c2c[nH]c3ccccc23)n1. The third-order valence-electron chi connectivity index (χ3n) is 9.13. The van der Waals surface area contributed by atoms with Crippen molar-refractivity contribution < 1.29 is 4.79 Å². The van der Waals surface area contributed by atoms with Gasteiger partial charge in [0.2, 0.25) is 5.95 Å². The van der Waals surface area contributed by atoms with E-state index in [-0.39, 0.29) is 5.91 Å². The van der Waals surface area contributed by atoms with Crippen molar-refractivity contribution in [3.05, 3.63) is 174 Å². The smallest absolute Gasteiger partial charge is 0.255 e. The van der Waals surface area contributed by atoms with Gasteiger partial charge < -0.3 is 30.8 Å². The van der Waals surface area contributed by atoms with Crippen molar-refractivity contribution in [2.75, 3.05) is 31.3 Å². The molecule has 58 heavy (non-hydrogen) atoms. The minimum Gasteiger partial charge on any atom is -0.381 e. The molecule has 0 saturated heterocycles. The summed E-state index contributed by atoms with van der Waals surface area (Å²) in [5, 5.41) is 12.1. The van der Waals surface area contributed by atoms with Crippen molar-refractivity contribution in [1.82, 2.24) is 40.1 Å². The molecule has 0 spiro atoms. The summed E-state index contributed by atoms with van der Waals surface area (Å²) in [7, 11) is 4.04. The molecule has 8 aromatic rings. The van der Waals surface area contributed by atoms with E-state index in [1.54, 1.807) is 12.4 Å². The summed E-state index contributed by atoms with van der Waals surface area (Å²) in [6.07, 6.45) is 11.3. The number of H-pyrrole nitrogens is 2. The molecule has 0 unspecified atom stereocenters. The molecule has 0 fully saturated rings. The van der Waals surface area contributed by atoms with E-state index in [0.29, 0.717) is 34.5 Å². The third-order valence-corrected chi connectivity index (χ3v) is 9.41. The number of hydrogen-bond donors (Lipinski definition) is 5. The highest BCUT2D eigenvalue weighted by atomic mass is 35.5. The highest BCUT2D eigenvalue weighted by Crippen LogP contribution is 2.33. The number of nitrogens with zero attached hydrogens (tertiary/aromatic N) is 5. The summed E-state index contributed by atoms with van der Waals surface area (Å²) in [6.45, 7) is 7.40. The molecular weight excluding hydrogens is 744 g/mol. The fourth-order valence-corrected chi connectivity index (χ4v) is 6.43. The van der Waals surface area contributed by atoms with Crippen LogP contribution in [0.5, 0.6) is 0 Å². The Balaban J connectivity index is 0.000000264. The number of nitrogens with one attached hydrogen (secondary N) is 5. The summed E-state index contributed by atoms with van der Waals surface area (Å²) in [6, 6.07) is 33.0. The monoisotopic (exact) mass is 786 g/mol. The van der Waals surface area contributed by atoms with Gasteiger partial charge in [-0.1, -0.05) is 78.9 Å². The average Bonchev–Trinajstić information content (AvgIpc) is 3.86. The predicted octanol–water partition coefficient (Wildman–Crippen LogP) is 9.93. The van der Waals surface area contributed by atoms with Crippen molar-refractivity contribution >= 4 is 56.6 Å². The minimum atomic E-state index is -0.202. The maximum atomic E-state index is 12.9. The number of aryl methyl sites for hydroxylation is 1. The molecule has 290 valence electrons. The zero-order valence-electron chi connectivity index (χ0n) is 32.4. The van der Waals surface area contributed by atoms with Crippen LogP contribution in [0.2, 0.25) is 5.02 Å². The number of allylic oxidation sites excluding steroid dienone is 1. The number of fused-ring (bicyclic) bond motifs is 2. The number of likely N-dealkylation sites (N-methyl/N-ethyl adjacent to an activating group) is 1. The maximum absolute atomic E-state index is 12.9. The average molecular weight is 787 g/mol. The molecule has 4 aromatic heterocycles. The lowest BCUT2D eigenvalue weighted by Crippen LogP contribution is -2.14. The lowest BCUT2D eigenvalue weighted by Gasteiger charge is -2.11. The Labute approximate surface area is 342 Å². The number of hydrogen-bond acceptors (Lipinski definition) is 8. The third kappa shape index (κ3) is 9.83. The van der Waals surface area contributed by atoms with Crippen LogP contribution in [0.15, 0.2) is 152 Å². The molecule has 0 aliphatic carbocycles. The standard InChI is InChI=1S/C33H32ClN7O.C13H11N3/c1-22(8-7-17-41(2)3)35-19-23-13-15-24(16-14-23)32(42)38-25-9-6-10-26(18-25)39-33-37-21-29(34)31(40-33)28-20-36-30-12-5-4-11-27(28)30;1-9-14-7-6-13(16-9)11-8-15-12-5-3-2-4-10(11)12/h4-16,18,20-21,35-36H,1,17,19H2,2-3H3,(H,38,42)(H,37,39,40);2-8,15H,1H3/b8-7+;. The van der Waals surface area contributed by atoms with Gasteiger partial charge in [-0.05, 0) is 81.2 Å². The van der Waals surface area contributed by atoms with E-state index in [0.717, 1.165) is 62.6 Å². The zero-order chi connectivity index (χ0) is 40.4. The molecule has 0 bridgehead atoms. The Morgan fingerprint density at radius 2 is 1.52 bits per heavy atom. The second-order valence-corrected chi connectivity index (χ2v) is 14.2. The lowest BCUT2D eigenvalue weighted by atomic mass is 10.1. The van der Waals surface area contributed by atoms with Gasteiger partial charge in [0, 0.05) is 87.2 Å². The summed E-state index contributed by atoms with van der Waals surface area (Å²) in [5.41, 5.74) is 9.56. The van der Waals surface area contributed by atoms with Gasteiger partial charge in [0.05, 0.1) is 22.6 Å². The topological polar surface area (TPSA) is 140 Å². The number of para-hydroxylation sites is 2. The van der Waals surface area contributed by atoms with Crippen molar-refractivity contribution in [2.45, 2.75) is 13.5 Å². The second kappa shape index (κ2) is 18.2. The molecule has 0 radical (unpaired) electrons. The van der Waals surface area contributed by atoms with Gasteiger partial charge in [-0.15, -0.1) is 0 Å². The molecule has 4 heterocycles. The van der Waals surface area contributed by atoms with Crippen LogP contribution in [0.4, 0.5) is 17.3 Å². The van der Waals surface area contributed by atoms with E-state index in [2.05, 4.69) is 75.5 Å². The molecule has 11 nitrogen and oxygen atoms in total. The molecule has 4 aromatic carbocycles. The minimum absolute atomic E-state index is 0.202.